The van der Waals surface area contributed by atoms with E-state index >= 15 is 0 Å². The fourth-order valence-electron chi connectivity index (χ4n) is 2.84. The van der Waals surface area contributed by atoms with Gasteiger partial charge in [0.05, 0.1) is 16.8 Å². The van der Waals surface area contributed by atoms with Crippen molar-refractivity contribution in [3.8, 4) is 11.8 Å². The molecule has 0 bridgehead atoms. The molecule has 1 heterocycles. The summed E-state index contributed by atoms with van der Waals surface area (Å²) >= 11 is 0. The summed E-state index contributed by atoms with van der Waals surface area (Å²) in [5.41, 5.74) is 0.436. The quantitative estimate of drug-likeness (QED) is 0.291. The lowest BCUT2D eigenvalue weighted by atomic mass is 10.2. The Kier molecular flexibility index (Phi) is 7.30. The summed E-state index contributed by atoms with van der Waals surface area (Å²) in [7, 11) is 0. The number of esters is 1. The van der Waals surface area contributed by atoms with E-state index in [0.29, 0.717) is 5.69 Å². The van der Waals surface area contributed by atoms with Gasteiger partial charge in [-0.05, 0) is 25.1 Å². The maximum atomic E-state index is 12.3. The Morgan fingerprint density at radius 3 is 2.62 bits per heavy atom. The van der Waals surface area contributed by atoms with E-state index < -0.39 is 35.4 Å². The number of amides is 2. The molecule has 0 aliphatic rings. The summed E-state index contributed by atoms with van der Waals surface area (Å²) in [6.45, 7) is 0.661. The van der Waals surface area contributed by atoms with Gasteiger partial charge in [0, 0.05) is 17.7 Å². The molecule has 1 atom stereocenters. The van der Waals surface area contributed by atoms with Gasteiger partial charge in [-0.15, -0.1) is 0 Å². The Bertz CT molecular complexity index is 1280. The SMILES string of the molecule is C[C@H](NC(=O)c1cccc([N+](=O)[O-])c1)C(=O)OCC(=O)Nc1c(C#N)cnn1-c1ccccc1. The third-order valence-electron chi connectivity index (χ3n) is 4.51. The highest BCUT2D eigenvalue weighted by atomic mass is 16.6. The molecular weight excluding hydrogens is 444 g/mol. The minimum Gasteiger partial charge on any atom is -0.454 e. The van der Waals surface area contributed by atoms with E-state index in [4.69, 9.17) is 4.74 Å². The first kappa shape index (κ1) is 23.6. The van der Waals surface area contributed by atoms with E-state index in [1.165, 1.54) is 36.0 Å². The monoisotopic (exact) mass is 462 g/mol. The Labute approximate surface area is 192 Å². The molecule has 2 aromatic carbocycles. The van der Waals surface area contributed by atoms with Gasteiger partial charge in [-0.3, -0.25) is 19.7 Å². The molecule has 0 unspecified atom stereocenters. The third kappa shape index (κ3) is 5.60. The molecule has 1 aromatic heterocycles. The number of nitro groups is 1. The molecule has 2 amide bonds. The van der Waals surface area contributed by atoms with Crippen LogP contribution in [0.5, 0.6) is 0 Å². The van der Waals surface area contributed by atoms with Crippen molar-refractivity contribution in [2.45, 2.75) is 13.0 Å². The lowest BCUT2D eigenvalue weighted by molar-refractivity contribution is -0.384. The molecule has 0 fully saturated rings. The molecule has 12 heteroatoms. The van der Waals surface area contributed by atoms with Gasteiger partial charge in [-0.25, -0.2) is 9.48 Å². The van der Waals surface area contributed by atoms with Crippen molar-refractivity contribution in [1.82, 2.24) is 15.1 Å². The molecule has 3 rings (SSSR count). The van der Waals surface area contributed by atoms with Crippen LogP contribution in [-0.2, 0) is 14.3 Å². The van der Waals surface area contributed by atoms with Crippen LogP contribution in [-0.4, -0.2) is 45.1 Å². The summed E-state index contributed by atoms with van der Waals surface area (Å²) in [6.07, 6.45) is 1.29. The molecule has 0 saturated heterocycles. The Morgan fingerprint density at radius 2 is 1.94 bits per heavy atom. The summed E-state index contributed by atoms with van der Waals surface area (Å²) in [6, 6.07) is 14.6. The molecule has 34 heavy (non-hydrogen) atoms. The zero-order valence-electron chi connectivity index (χ0n) is 17.8. The van der Waals surface area contributed by atoms with Gasteiger partial charge in [0.1, 0.15) is 17.7 Å². The van der Waals surface area contributed by atoms with Crippen molar-refractivity contribution in [3.05, 3.63) is 82.0 Å². The molecule has 172 valence electrons. The fraction of sp³-hybridized carbons (Fsp3) is 0.136. The van der Waals surface area contributed by atoms with Crippen molar-refractivity contribution in [2.24, 2.45) is 0 Å². The first-order chi connectivity index (χ1) is 16.3. The predicted molar refractivity (Wildman–Crippen MR) is 118 cm³/mol. The zero-order valence-corrected chi connectivity index (χ0v) is 17.8. The Balaban J connectivity index is 1.58. The number of nitriles is 1. The molecule has 0 spiro atoms. The largest absolute Gasteiger partial charge is 0.454 e. The van der Waals surface area contributed by atoms with Gasteiger partial charge in [0.2, 0.25) is 0 Å². The van der Waals surface area contributed by atoms with Gasteiger partial charge in [0.25, 0.3) is 17.5 Å². The Hall–Kier alpha value is -5.05. The second-order valence-electron chi connectivity index (χ2n) is 6.92. The lowest BCUT2D eigenvalue weighted by Gasteiger charge is -2.14. The molecule has 2 N–H and O–H groups in total. The Morgan fingerprint density at radius 1 is 1.21 bits per heavy atom. The maximum absolute atomic E-state index is 12.3. The number of benzene rings is 2. The van der Waals surface area contributed by atoms with Crippen LogP contribution in [0, 0.1) is 21.4 Å². The minimum absolute atomic E-state index is 0.00944. The molecule has 0 aliphatic heterocycles. The van der Waals surface area contributed by atoms with Crippen molar-refractivity contribution in [1.29, 1.82) is 5.26 Å². The van der Waals surface area contributed by atoms with E-state index in [2.05, 4.69) is 15.7 Å². The van der Waals surface area contributed by atoms with Crippen LogP contribution in [0.4, 0.5) is 11.5 Å². The average molecular weight is 462 g/mol. The number of carbonyl (C=O) groups is 3. The fourth-order valence-corrected chi connectivity index (χ4v) is 2.84. The van der Waals surface area contributed by atoms with Crippen molar-refractivity contribution < 1.29 is 24.0 Å². The van der Waals surface area contributed by atoms with E-state index in [1.54, 1.807) is 30.3 Å². The minimum atomic E-state index is -1.14. The first-order valence-electron chi connectivity index (χ1n) is 9.85. The zero-order chi connectivity index (χ0) is 24.7. The molecule has 0 radical (unpaired) electrons. The smallest absolute Gasteiger partial charge is 0.328 e. The second kappa shape index (κ2) is 10.5. The van der Waals surface area contributed by atoms with Crippen molar-refractivity contribution in [3.63, 3.8) is 0 Å². The van der Waals surface area contributed by atoms with Gasteiger partial charge >= 0.3 is 5.97 Å². The highest BCUT2D eigenvalue weighted by Crippen LogP contribution is 2.19. The highest BCUT2D eigenvalue weighted by molar-refractivity contribution is 5.98. The molecule has 0 aliphatic carbocycles. The van der Waals surface area contributed by atoms with Gasteiger partial charge in [0.15, 0.2) is 12.4 Å². The summed E-state index contributed by atoms with van der Waals surface area (Å²) in [5, 5.41) is 29.1. The number of ether oxygens (including phenoxy) is 1. The topological polar surface area (TPSA) is 169 Å². The van der Waals surface area contributed by atoms with Crippen LogP contribution in [0.3, 0.4) is 0 Å². The number of para-hydroxylation sites is 1. The predicted octanol–water partition coefficient (Wildman–Crippen LogP) is 1.95. The van der Waals surface area contributed by atoms with Gasteiger partial charge < -0.3 is 15.4 Å². The number of rotatable bonds is 8. The van der Waals surface area contributed by atoms with Crippen LogP contribution < -0.4 is 10.6 Å². The van der Waals surface area contributed by atoms with Crippen LogP contribution in [0.15, 0.2) is 60.8 Å². The van der Waals surface area contributed by atoms with Crippen LogP contribution in [0.2, 0.25) is 0 Å². The molecular formula is C22H18N6O6. The average Bonchev–Trinajstić information content (AvgIpc) is 3.25. The normalized spacial score (nSPS) is 11.1. The number of hydrogen-bond acceptors (Lipinski definition) is 8. The number of aromatic nitrogens is 2. The first-order valence-corrected chi connectivity index (χ1v) is 9.85. The highest BCUT2D eigenvalue weighted by Gasteiger charge is 2.21. The third-order valence-corrected chi connectivity index (χ3v) is 4.51. The van der Waals surface area contributed by atoms with E-state index in [-0.39, 0.29) is 22.6 Å². The standard InChI is InChI=1S/C22H18N6O6/c1-14(25-21(30)15-6-5-9-18(10-15)28(32)33)22(31)34-13-19(29)26-20-16(11-23)12-24-27(20)17-7-3-2-4-8-17/h2-10,12,14H,13H2,1H3,(H,25,30)(H,26,29)/t14-/m0/s1. The number of hydrogen-bond donors (Lipinski definition) is 2. The van der Waals surface area contributed by atoms with Gasteiger partial charge in [-0.2, -0.15) is 10.4 Å². The molecule has 0 saturated carbocycles. The molecule has 12 nitrogen and oxygen atoms in total. The van der Waals surface area contributed by atoms with Crippen LogP contribution in [0.25, 0.3) is 5.69 Å². The van der Waals surface area contributed by atoms with Crippen molar-refractivity contribution in [2.75, 3.05) is 11.9 Å². The van der Waals surface area contributed by atoms with E-state index in [0.717, 1.165) is 6.07 Å². The summed E-state index contributed by atoms with van der Waals surface area (Å²) < 4.78 is 6.31. The number of nitro benzene ring substituents is 1. The summed E-state index contributed by atoms with van der Waals surface area (Å²) in [4.78, 5) is 47.0. The maximum Gasteiger partial charge on any atom is 0.328 e. The van der Waals surface area contributed by atoms with Crippen LogP contribution >= 0.6 is 0 Å². The number of nitrogens with one attached hydrogen (secondary N) is 2. The van der Waals surface area contributed by atoms with E-state index in [9.17, 15) is 29.8 Å². The number of nitrogens with zero attached hydrogens (tertiary/aromatic N) is 4. The second-order valence-corrected chi connectivity index (χ2v) is 6.92. The van der Waals surface area contributed by atoms with E-state index in [1.807, 2.05) is 6.07 Å². The van der Waals surface area contributed by atoms with Gasteiger partial charge in [-0.1, -0.05) is 24.3 Å². The van der Waals surface area contributed by atoms with Crippen molar-refractivity contribution >= 4 is 29.3 Å². The summed E-state index contributed by atoms with van der Waals surface area (Å²) in [5.74, 6) is -2.23. The number of carbonyl (C=O) groups excluding carboxylic acids is 3. The number of anilines is 1. The lowest BCUT2D eigenvalue weighted by Crippen LogP contribution is -2.40. The molecule has 3 aromatic rings. The number of non-ortho nitro benzene ring substituents is 1. The van der Waals surface area contributed by atoms with Crippen LogP contribution in [0.1, 0.15) is 22.8 Å².